The fraction of sp³-hybridized carbons (Fsp3) is 0.800. The van der Waals surface area contributed by atoms with Gasteiger partial charge in [-0.25, -0.2) is 0 Å². The predicted octanol–water partition coefficient (Wildman–Crippen LogP) is 0.399. The molecule has 80 valence electrons. The molecule has 2 amide bonds. The van der Waals surface area contributed by atoms with Crippen molar-refractivity contribution in [3.8, 4) is 0 Å². The van der Waals surface area contributed by atoms with Gasteiger partial charge in [-0.2, -0.15) is 0 Å². The molecule has 4 heteroatoms. The van der Waals surface area contributed by atoms with Crippen LogP contribution in [0, 0.1) is 17.3 Å². The molecule has 0 radical (unpaired) electrons. The summed E-state index contributed by atoms with van der Waals surface area (Å²) >= 11 is 0. The van der Waals surface area contributed by atoms with E-state index in [1.54, 1.807) is 0 Å². The Bertz CT molecular complexity index is 261. The molecule has 0 aromatic heterocycles. The molecule has 14 heavy (non-hydrogen) atoms. The number of carbonyl (C=O) groups is 2. The highest BCUT2D eigenvalue weighted by atomic mass is 16.1. The molecule has 1 rings (SSSR count). The lowest BCUT2D eigenvalue weighted by molar-refractivity contribution is -0.129. The summed E-state index contributed by atoms with van der Waals surface area (Å²) in [5, 5.41) is 0. The van der Waals surface area contributed by atoms with Crippen LogP contribution in [0.25, 0.3) is 0 Å². The number of hydrogen-bond donors (Lipinski definition) is 2. The van der Waals surface area contributed by atoms with Gasteiger partial charge in [0.05, 0.1) is 0 Å². The van der Waals surface area contributed by atoms with Gasteiger partial charge in [0.1, 0.15) is 0 Å². The zero-order chi connectivity index (χ0) is 10.9. The molecular weight excluding hydrogens is 180 g/mol. The highest BCUT2D eigenvalue weighted by Crippen LogP contribution is 2.42. The Kier molecular flexibility index (Phi) is 2.83. The summed E-state index contributed by atoms with van der Waals surface area (Å²) in [6.45, 7) is 3.67. The monoisotopic (exact) mass is 198 g/mol. The molecule has 2 unspecified atom stereocenters. The second-order valence-corrected chi connectivity index (χ2v) is 4.70. The third-order valence-electron chi connectivity index (χ3n) is 3.49. The van der Waals surface area contributed by atoms with Crippen LogP contribution in [0.3, 0.4) is 0 Å². The van der Waals surface area contributed by atoms with Gasteiger partial charge in [-0.3, -0.25) is 9.59 Å². The normalized spacial score (nSPS) is 27.6. The van der Waals surface area contributed by atoms with E-state index in [4.69, 9.17) is 11.5 Å². The quantitative estimate of drug-likeness (QED) is 0.687. The van der Waals surface area contributed by atoms with Crippen LogP contribution in [-0.2, 0) is 9.59 Å². The molecular formula is C10H18N2O2. The van der Waals surface area contributed by atoms with Crippen molar-refractivity contribution in [3.05, 3.63) is 0 Å². The molecule has 0 heterocycles. The summed E-state index contributed by atoms with van der Waals surface area (Å²) in [7, 11) is 0. The number of hydrogen-bond acceptors (Lipinski definition) is 2. The molecule has 0 saturated heterocycles. The zero-order valence-electron chi connectivity index (χ0n) is 8.75. The van der Waals surface area contributed by atoms with Gasteiger partial charge in [-0.1, -0.05) is 13.8 Å². The number of primary amides is 2. The lowest BCUT2D eigenvalue weighted by Gasteiger charge is -2.27. The van der Waals surface area contributed by atoms with Gasteiger partial charge in [0.2, 0.25) is 11.8 Å². The maximum atomic E-state index is 11.2. The minimum Gasteiger partial charge on any atom is -0.369 e. The average Bonchev–Trinajstić information content (AvgIpc) is 2.51. The van der Waals surface area contributed by atoms with E-state index in [1.165, 1.54) is 0 Å². The summed E-state index contributed by atoms with van der Waals surface area (Å²) < 4.78 is 0. The molecule has 0 aromatic rings. The maximum absolute atomic E-state index is 11.2. The van der Waals surface area contributed by atoms with Crippen molar-refractivity contribution in [2.75, 3.05) is 0 Å². The Labute approximate surface area is 84.0 Å². The molecule has 4 N–H and O–H groups in total. The summed E-state index contributed by atoms with van der Waals surface area (Å²) in [5.41, 5.74) is 10.0. The van der Waals surface area contributed by atoms with Gasteiger partial charge in [0.15, 0.2) is 0 Å². The first kappa shape index (κ1) is 11.0. The minimum atomic E-state index is -0.524. The SMILES string of the molecule is CC(C)(C(N)=O)C1CCC(C(N)=O)C1. The molecule has 4 nitrogen and oxygen atoms in total. The van der Waals surface area contributed by atoms with Crippen LogP contribution in [0.1, 0.15) is 33.1 Å². The van der Waals surface area contributed by atoms with Crippen molar-refractivity contribution in [1.29, 1.82) is 0 Å². The highest BCUT2D eigenvalue weighted by molar-refractivity contribution is 5.81. The van der Waals surface area contributed by atoms with Crippen LogP contribution in [0.4, 0.5) is 0 Å². The summed E-state index contributed by atoms with van der Waals surface area (Å²) in [4.78, 5) is 22.1. The van der Waals surface area contributed by atoms with E-state index in [1.807, 2.05) is 13.8 Å². The predicted molar refractivity (Wildman–Crippen MR) is 53.0 cm³/mol. The van der Waals surface area contributed by atoms with E-state index >= 15 is 0 Å². The van der Waals surface area contributed by atoms with E-state index in [0.717, 1.165) is 12.8 Å². The first-order chi connectivity index (χ1) is 6.35. The second-order valence-electron chi connectivity index (χ2n) is 4.70. The van der Waals surface area contributed by atoms with Crippen molar-refractivity contribution >= 4 is 11.8 Å². The Morgan fingerprint density at radius 2 is 1.79 bits per heavy atom. The summed E-state index contributed by atoms with van der Waals surface area (Å²) in [6.07, 6.45) is 2.35. The van der Waals surface area contributed by atoms with Crippen molar-refractivity contribution < 1.29 is 9.59 Å². The van der Waals surface area contributed by atoms with Crippen LogP contribution in [0.5, 0.6) is 0 Å². The Morgan fingerprint density at radius 1 is 1.21 bits per heavy atom. The molecule has 1 aliphatic carbocycles. The maximum Gasteiger partial charge on any atom is 0.223 e. The number of carbonyl (C=O) groups excluding carboxylic acids is 2. The first-order valence-electron chi connectivity index (χ1n) is 4.95. The largest absolute Gasteiger partial charge is 0.369 e. The molecule has 0 bridgehead atoms. The van der Waals surface area contributed by atoms with Crippen molar-refractivity contribution in [2.45, 2.75) is 33.1 Å². The van der Waals surface area contributed by atoms with Crippen molar-refractivity contribution in [1.82, 2.24) is 0 Å². The standard InChI is InChI=1S/C10H18N2O2/c1-10(2,9(12)14)7-4-3-6(5-7)8(11)13/h6-7H,3-5H2,1-2H3,(H2,11,13)(H2,12,14). The van der Waals surface area contributed by atoms with E-state index in [0.29, 0.717) is 6.42 Å². The summed E-state index contributed by atoms with van der Waals surface area (Å²) in [5.74, 6) is -0.434. The van der Waals surface area contributed by atoms with E-state index < -0.39 is 5.41 Å². The van der Waals surface area contributed by atoms with Crippen LogP contribution >= 0.6 is 0 Å². The van der Waals surface area contributed by atoms with Crippen molar-refractivity contribution in [3.63, 3.8) is 0 Å². The van der Waals surface area contributed by atoms with Crippen LogP contribution in [0.2, 0.25) is 0 Å². The van der Waals surface area contributed by atoms with Crippen LogP contribution < -0.4 is 11.5 Å². The van der Waals surface area contributed by atoms with Gasteiger partial charge in [0, 0.05) is 11.3 Å². The molecule has 0 aliphatic heterocycles. The zero-order valence-corrected chi connectivity index (χ0v) is 8.75. The summed E-state index contributed by atoms with van der Waals surface area (Å²) in [6, 6.07) is 0. The Balaban J connectivity index is 2.66. The lowest BCUT2D eigenvalue weighted by atomic mass is 9.77. The molecule has 0 spiro atoms. The van der Waals surface area contributed by atoms with Gasteiger partial charge >= 0.3 is 0 Å². The molecule has 1 aliphatic rings. The number of nitrogens with two attached hydrogens (primary N) is 2. The molecule has 2 atom stereocenters. The fourth-order valence-electron chi connectivity index (χ4n) is 2.10. The molecule has 1 fully saturated rings. The van der Waals surface area contributed by atoms with E-state index in [9.17, 15) is 9.59 Å². The minimum absolute atomic E-state index is 0.0707. The van der Waals surface area contributed by atoms with Gasteiger partial charge in [-0.15, -0.1) is 0 Å². The smallest absolute Gasteiger partial charge is 0.223 e. The average molecular weight is 198 g/mol. The lowest BCUT2D eigenvalue weighted by Crippen LogP contribution is -2.37. The third-order valence-corrected chi connectivity index (χ3v) is 3.49. The van der Waals surface area contributed by atoms with Crippen molar-refractivity contribution in [2.24, 2.45) is 28.7 Å². The first-order valence-corrected chi connectivity index (χ1v) is 4.95. The van der Waals surface area contributed by atoms with E-state index in [2.05, 4.69) is 0 Å². The molecule has 1 saturated carbocycles. The fourth-order valence-corrected chi connectivity index (χ4v) is 2.10. The van der Waals surface area contributed by atoms with Gasteiger partial charge in [-0.05, 0) is 25.2 Å². The second kappa shape index (κ2) is 3.59. The van der Waals surface area contributed by atoms with Crippen LogP contribution in [0.15, 0.2) is 0 Å². The Hall–Kier alpha value is -1.06. The number of amides is 2. The van der Waals surface area contributed by atoms with Gasteiger partial charge in [0.25, 0.3) is 0 Å². The topological polar surface area (TPSA) is 86.2 Å². The number of rotatable bonds is 3. The van der Waals surface area contributed by atoms with Gasteiger partial charge < -0.3 is 11.5 Å². The molecule has 0 aromatic carbocycles. The van der Waals surface area contributed by atoms with E-state index in [-0.39, 0.29) is 23.7 Å². The third kappa shape index (κ3) is 1.89. The highest BCUT2D eigenvalue weighted by Gasteiger charge is 2.41. The Morgan fingerprint density at radius 3 is 2.14 bits per heavy atom. The van der Waals surface area contributed by atoms with Crippen LogP contribution in [-0.4, -0.2) is 11.8 Å².